The lowest BCUT2D eigenvalue weighted by Gasteiger charge is -2.35. The Balaban J connectivity index is 0.993. The number of nitrogens with one attached hydrogen (secondary N) is 5. The van der Waals surface area contributed by atoms with E-state index < -0.39 is 17.4 Å². The Morgan fingerprint density at radius 1 is 0.803 bits per heavy atom. The maximum atomic E-state index is 13.3. The van der Waals surface area contributed by atoms with Crippen LogP contribution in [0.25, 0.3) is 0 Å². The lowest BCUT2D eigenvalue weighted by atomic mass is 9.87. The fraction of sp³-hybridized carbons (Fsp3) is 0.409. The molecule has 5 heterocycles. The van der Waals surface area contributed by atoms with Crippen LogP contribution in [0.3, 0.4) is 0 Å². The molecule has 0 saturated carbocycles. The van der Waals surface area contributed by atoms with Crippen molar-refractivity contribution < 1.29 is 33.4 Å². The van der Waals surface area contributed by atoms with Crippen molar-refractivity contribution >= 4 is 58.5 Å². The maximum absolute atomic E-state index is 13.3. The third-order valence-electron chi connectivity index (χ3n) is 10.8. The molecule has 17 heteroatoms. The summed E-state index contributed by atoms with van der Waals surface area (Å²) in [5.74, 6) is -0.738. The topological polar surface area (TPSA) is 194 Å². The molecule has 0 bridgehead atoms. The van der Waals surface area contributed by atoms with Crippen LogP contribution in [0.15, 0.2) is 66.1 Å². The molecule has 0 radical (unpaired) electrons. The van der Waals surface area contributed by atoms with E-state index in [-0.39, 0.29) is 53.7 Å². The summed E-state index contributed by atoms with van der Waals surface area (Å²) in [5.41, 5.74) is 3.44. The molecule has 4 aromatic rings. The van der Waals surface area contributed by atoms with Gasteiger partial charge in [0.15, 0.2) is 11.5 Å². The Hall–Kier alpha value is -6.62. The van der Waals surface area contributed by atoms with Crippen molar-refractivity contribution in [3.8, 4) is 11.5 Å². The van der Waals surface area contributed by atoms with E-state index in [0.29, 0.717) is 71.3 Å². The maximum Gasteiger partial charge on any atom is 0.272 e. The first-order valence-corrected chi connectivity index (χ1v) is 20.1. The van der Waals surface area contributed by atoms with E-state index in [2.05, 4.69) is 52.0 Å². The lowest BCUT2D eigenvalue weighted by molar-refractivity contribution is -0.116. The van der Waals surface area contributed by atoms with Crippen LogP contribution in [0.1, 0.15) is 95.2 Å². The highest BCUT2D eigenvalue weighted by molar-refractivity contribution is 6.08. The predicted octanol–water partition coefficient (Wildman–Crippen LogP) is 5.40. The Labute approximate surface area is 355 Å². The molecule has 2 aliphatic rings. The van der Waals surface area contributed by atoms with E-state index in [1.807, 2.05) is 20.9 Å². The van der Waals surface area contributed by atoms with Gasteiger partial charge in [-0.3, -0.25) is 29.0 Å². The summed E-state index contributed by atoms with van der Waals surface area (Å²) in [6.07, 6.45) is 8.57. The van der Waals surface area contributed by atoms with Crippen LogP contribution >= 0.6 is 0 Å². The van der Waals surface area contributed by atoms with Gasteiger partial charge in [0.1, 0.15) is 17.1 Å². The lowest BCUT2D eigenvalue weighted by Crippen LogP contribution is -2.51. The Morgan fingerprint density at radius 3 is 1.92 bits per heavy atom. The molecule has 5 N–H and O–H groups in total. The molecule has 6 rings (SSSR count). The fourth-order valence-electron chi connectivity index (χ4n) is 7.82. The van der Waals surface area contributed by atoms with E-state index in [1.165, 1.54) is 7.11 Å². The number of carbonyl (C=O) groups excluding carboxylic acids is 5. The minimum absolute atomic E-state index is 0.131. The van der Waals surface area contributed by atoms with Gasteiger partial charge in [-0.25, -0.2) is 0 Å². The SMILES string of the molecule is C=C1C[C@H]2C=Nc3cc(OCCCC(=O)Nc4cc(C(=O)Nc5cc(C(=O)Nc6cc(C(=O)NC(C)(C)CC(C)(C)NC)n(C)c6)n(C)c5)n(C)c4)c(OC)cc3C(=O)N2C1. The number of rotatable bonds is 16. The van der Waals surface area contributed by atoms with Gasteiger partial charge in [0.05, 0.1) is 48.1 Å². The number of hydrogen-bond donors (Lipinski definition) is 5. The molecule has 0 aliphatic carbocycles. The minimum atomic E-state index is -0.496. The van der Waals surface area contributed by atoms with Gasteiger partial charge in [-0.05, 0) is 78.3 Å². The Kier molecular flexibility index (Phi) is 12.6. The van der Waals surface area contributed by atoms with Gasteiger partial charge < -0.3 is 54.7 Å². The van der Waals surface area contributed by atoms with Gasteiger partial charge in [0.2, 0.25) is 5.91 Å². The second kappa shape index (κ2) is 17.5. The molecule has 1 aromatic carbocycles. The first-order chi connectivity index (χ1) is 28.8. The zero-order valence-corrected chi connectivity index (χ0v) is 36.3. The molecule has 3 aromatic heterocycles. The molecule has 61 heavy (non-hydrogen) atoms. The molecule has 1 atom stereocenters. The highest BCUT2D eigenvalue weighted by Gasteiger charge is 2.34. The standard InChI is InChI=1S/C44H56N10O7/c1-26-14-30-20-46-32-19-37(36(60-10)18-31(32)42(59)54(30)21-26)61-13-11-12-38(55)47-27-15-33(51(7)22-27)39(56)48-28-16-34(52(8)23-28)40(57)49-29-17-35(53(9)24-29)41(58)50-44(4,5)25-43(2,3)45-6/h15-20,22-24,30,45H,1,11-14,21,25H2,2-10H3,(H,47,55)(H,48,56)(H,49,57)(H,50,58)/t30-/m0/s1. The predicted molar refractivity (Wildman–Crippen MR) is 235 cm³/mol. The number of aryl methyl sites for hydroxylation is 3. The summed E-state index contributed by atoms with van der Waals surface area (Å²) in [6.45, 7) is 12.8. The molecular formula is C44H56N10O7. The van der Waals surface area contributed by atoms with E-state index in [1.54, 1.807) is 94.9 Å². The van der Waals surface area contributed by atoms with Crippen molar-refractivity contribution in [2.45, 2.75) is 70.5 Å². The van der Waals surface area contributed by atoms with Crippen LogP contribution in [0.5, 0.6) is 11.5 Å². The Morgan fingerprint density at radius 2 is 1.36 bits per heavy atom. The number of nitrogens with zero attached hydrogens (tertiary/aromatic N) is 5. The highest BCUT2D eigenvalue weighted by Crippen LogP contribution is 2.38. The number of ether oxygens (including phenoxy) is 2. The fourth-order valence-corrected chi connectivity index (χ4v) is 7.82. The number of carbonyl (C=O) groups is 5. The molecule has 1 saturated heterocycles. The number of fused-ring (bicyclic) bond motifs is 2. The van der Waals surface area contributed by atoms with Gasteiger partial charge in [-0.2, -0.15) is 0 Å². The number of hydrogen-bond acceptors (Lipinski definition) is 9. The van der Waals surface area contributed by atoms with Crippen molar-refractivity contribution in [2.75, 3.05) is 43.3 Å². The van der Waals surface area contributed by atoms with Crippen LogP contribution in [-0.2, 0) is 25.9 Å². The van der Waals surface area contributed by atoms with Crippen molar-refractivity contribution in [1.82, 2.24) is 29.2 Å². The van der Waals surface area contributed by atoms with Crippen LogP contribution in [-0.4, -0.2) is 98.8 Å². The number of methoxy groups -OCH3 is 1. The van der Waals surface area contributed by atoms with Gasteiger partial charge in [-0.1, -0.05) is 12.2 Å². The van der Waals surface area contributed by atoms with Crippen LogP contribution in [0, 0.1) is 0 Å². The van der Waals surface area contributed by atoms with Crippen LogP contribution in [0.2, 0.25) is 0 Å². The monoisotopic (exact) mass is 836 g/mol. The van der Waals surface area contributed by atoms with Gasteiger partial charge >= 0.3 is 0 Å². The molecule has 2 aliphatic heterocycles. The van der Waals surface area contributed by atoms with E-state index >= 15 is 0 Å². The summed E-state index contributed by atoms with van der Waals surface area (Å²) >= 11 is 0. The molecular weight excluding hydrogens is 781 g/mol. The first-order valence-electron chi connectivity index (χ1n) is 20.1. The van der Waals surface area contributed by atoms with Gasteiger partial charge in [-0.15, -0.1) is 0 Å². The summed E-state index contributed by atoms with van der Waals surface area (Å²) < 4.78 is 16.3. The smallest absolute Gasteiger partial charge is 0.272 e. The van der Waals surface area contributed by atoms with Crippen molar-refractivity contribution in [3.63, 3.8) is 0 Å². The van der Waals surface area contributed by atoms with E-state index in [0.717, 1.165) is 5.57 Å². The molecule has 0 unspecified atom stereocenters. The molecule has 5 amide bonds. The number of anilines is 3. The first kappa shape index (κ1) is 43.9. The molecule has 17 nitrogen and oxygen atoms in total. The van der Waals surface area contributed by atoms with Crippen molar-refractivity contribution in [2.24, 2.45) is 26.1 Å². The second-order valence-electron chi connectivity index (χ2n) is 17.0. The quantitative estimate of drug-likeness (QED) is 0.0732. The zero-order valence-electron chi connectivity index (χ0n) is 36.3. The van der Waals surface area contributed by atoms with E-state index in [4.69, 9.17) is 9.47 Å². The Bertz CT molecular complexity index is 2420. The molecule has 1 fully saturated rings. The third-order valence-corrected chi connectivity index (χ3v) is 10.8. The summed E-state index contributed by atoms with van der Waals surface area (Å²) in [4.78, 5) is 72.3. The normalized spacial score (nSPS) is 14.9. The third kappa shape index (κ3) is 10.2. The van der Waals surface area contributed by atoms with Crippen molar-refractivity contribution in [1.29, 1.82) is 0 Å². The minimum Gasteiger partial charge on any atom is -0.493 e. The molecule has 324 valence electrons. The number of benzene rings is 1. The van der Waals surface area contributed by atoms with E-state index in [9.17, 15) is 24.0 Å². The molecule has 0 spiro atoms. The largest absolute Gasteiger partial charge is 0.493 e. The average Bonchev–Trinajstić information content (AvgIpc) is 3.94. The number of amides is 5. The van der Waals surface area contributed by atoms with Gasteiger partial charge in [0, 0.05) is 76.1 Å². The number of aromatic nitrogens is 3. The summed E-state index contributed by atoms with van der Waals surface area (Å²) in [6, 6.07) is 7.92. The summed E-state index contributed by atoms with van der Waals surface area (Å²) in [7, 11) is 8.49. The second-order valence-corrected chi connectivity index (χ2v) is 17.0. The number of aliphatic imine (C=N–C) groups is 1. The van der Waals surface area contributed by atoms with Crippen molar-refractivity contribution in [3.05, 3.63) is 83.7 Å². The summed E-state index contributed by atoms with van der Waals surface area (Å²) in [5, 5.41) is 14.9. The van der Waals surface area contributed by atoms with Crippen LogP contribution < -0.4 is 36.1 Å². The zero-order chi connectivity index (χ0) is 44.4. The van der Waals surface area contributed by atoms with Gasteiger partial charge in [0.25, 0.3) is 23.6 Å². The van der Waals surface area contributed by atoms with Crippen LogP contribution in [0.4, 0.5) is 22.7 Å². The highest BCUT2D eigenvalue weighted by atomic mass is 16.5. The average molecular weight is 837 g/mol.